The van der Waals surface area contributed by atoms with Crippen molar-refractivity contribution >= 4 is 0 Å². The van der Waals surface area contributed by atoms with E-state index in [9.17, 15) is 10.2 Å². The van der Waals surface area contributed by atoms with Crippen LogP contribution < -0.4 is 0 Å². The Labute approximate surface area is 114 Å². The summed E-state index contributed by atoms with van der Waals surface area (Å²) in [5.74, 6) is -0.0108. The molecular formula is C15H22O4. The fourth-order valence-electron chi connectivity index (χ4n) is 2.33. The van der Waals surface area contributed by atoms with Crippen molar-refractivity contribution in [1.29, 1.82) is 0 Å². The van der Waals surface area contributed by atoms with Gasteiger partial charge in [0.05, 0.1) is 13.2 Å². The normalized spacial score (nSPS) is 16.0. The first kappa shape index (κ1) is 14.2. The molecule has 4 heteroatoms. The molecular weight excluding hydrogens is 244 g/mol. The average Bonchev–Trinajstić information content (AvgIpc) is 2.91. The van der Waals surface area contributed by atoms with E-state index < -0.39 is 0 Å². The van der Waals surface area contributed by atoms with E-state index in [0.717, 1.165) is 57.3 Å². The summed E-state index contributed by atoms with van der Waals surface area (Å²) in [7, 11) is 0. The number of phenols is 2. The predicted octanol–water partition coefficient (Wildman–Crippen LogP) is 2.96. The van der Waals surface area contributed by atoms with Crippen LogP contribution in [0.15, 0.2) is 18.2 Å². The van der Waals surface area contributed by atoms with Crippen molar-refractivity contribution in [2.45, 2.75) is 44.8 Å². The largest absolute Gasteiger partial charge is 0.504 e. The maximum Gasteiger partial charge on any atom is 0.160 e. The Morgan fingerprint density at radius 2 is 1.74 bits per heavy atom. The van der Waals surface area contributed by atoms with E-state index in [1.54, 1.807) is 6.07 Å². The molecule has 0 atom stereocenters. The maximum atomic E-state index is 9.66. The Kier molecular flexibility index (Phi) is 5.48. The van der Waals surface area contributed by atoms with Crippen molar-refractivity contribution < 1.29 is 19.7 Å². The number of phenolic OH excluding ortho intramolecular Hbond substituents is 2. The second kappa shape index (κ2) is 7.36. The number of benzene rings is 1. The van der Waals surface area contributed by atoms with Crippen LogP contribution in [-0.2, 0) is 15.9 Å². The minimum atomic E-state index is -0.0342. The Morgan fingerprint density at radius 1 is 1.00 bits per heavy atom. The van der Waals surface area contributed by atoms with E-state index in [2.05, 4.69) is 0 Å². The van der Waals surface area contributed by atoms with Crippen LogP contribution in [-0.4, -0.2) is 29.7 Å². The summed E-state index contributed by atoms with van der Waals surface area (Å²) in [6.45, 7) is 1.45. The van der Waals surface area contributed by atoms with Crippen LogP contribution >= 0.6 is 0 Å². The van der Waals surface area contributed by atoms with Gasteiger partial charge in [0, 0.05) is 0 Å². The molecule has 0 bridgehead atoms. The molecule has 0 amide bonds. The summed E-state index contributed by atoms with van der Waals surface area (Å²) >= 11 is 0. The zero-order valence-corrected chi connectivity index (χ0v) is 11.2. The van der Waals surface area contributed by atoms with Gasteiger partial charge in [-0.05, 0) is 37.3 Å². The molecule has 0 saturated carbocycles. The van der Waals surface area contributed by atoms with Gasteiger partial charge in [0.1, 0.15) is 0 Å². The smallest absolute Gasteiger partial charge is 0.160 e. The monoisotopic (exact) mass is 266 g/mol. The van der Waals surface area contributed by atoms with Crippen molar-refractivity contribution in [2.75, 3.05) is 13.2 Å². The van der Waals surface area contributed by atoms with E-state index in [4.69, 9.17) is 9.47 Å². The van der Waals surface area contributed by atoms with Gasteiger partial charge < -0.3 is 19.7 Å². The number of para-hydroxylation sites is 1. The first-order valence-electron chi connectivity index (χ1n) is 7.00. The quantitative estimate of drug-likeness (QED) is 0.588. The minimum absolute atomic E-state index is 0.00937. The van der Waals surface area contributed by atoms with E-state index in [0.29, 0.717) is 0 Å². The van der Waals surface area contributed by atoms with Gasteiger partial charge in [-0.2, -0.15) is 0 Å². The third-order valence-electron chi connectivity index (χ3n) is 3.43. The second-order valence-corrected chi connectivity index (χ2v) is 4.91. The van der Waals surface area contributed by atoms with Gasteiger partial charge in [0.15, 0.2) is 17.8 Å². The van der Waals surface area contributed by atoms with Gasteiger partial charge >= 0.3 is 0 Å². The molecule has 1 fully saturated rings. The van der Waals surface area contributed by atoms with Gasteiger partial charge in [-0.15, -0.1) is 0 Å². The highest BCUT2D eigenvalue weighted by Crippen LogP contribution is 2.29. The SMILES string of the molecule is Oc1cccc(CCCCCCC2OCCO2)c1O. The zero-order valence-electron chi connectivity index (χ0n) is 11.2. The topological polar surface area (TPSA) is 58.9 Å². The summed E-state index contributed by atoms with van der Waals surface area (Å²) in [6.07, 6.45) is 6.16. The predicted molar refractivity (Wildman–Crippen MR) is 72.3 cm³/mol. The molecule has 1 aromatic rings. The number of aromatic hydroxyl groups is 2. The molecule has 1 aromatic carbocycles. The first-order valence-corrected chi connectivity index (χ1v) is 7.00. The van der Waals surface area contributed by atoms with Gasteiger partial charge in [-0.1, -0.05) is 25.0 Å². The van der Waals surface area contributed by atoms with Gasteiger partial charge in [0.2, 0.25) is 0 Å². The fourth-order valence-corrected chi connectivity index (χ4v) is 2.33. The van der Waals surface area contributed by atoms with Crippen molar-refractivity contribution in [3.8, 4) is 11.5 Å². The van der Waals surface area contributed by atoms with Gasteiger partial charge in [-0.25, -0.2) is 0 Å². The Morgan fingerprint density at radius 3 is 2.53 bits per heavy atom. The summed E-state index contributed by atoms with van der Waals surface area (Å²) in [4.78, 5) is 0. The van der Waals surface area contributed by atoms with Crippen LogP contribution in [0.1, 0.15) is 37.7 Å². The van der Waals surface area contributed by atoms with Gasteiger partial charge in [-0.3, -0.25) is 0 Å². The minimum Gasteiger partial charge on any atom is -0.504 e. The van der Waals surface area contributed by atoms with Crippen LogP contribution in [0, 0.1) is 0 Å². The molecule has 106 valence electrons. The Hall–Kier alpha value is -1.26. The summed E-state index contributed by atoms with van der Waals surface area (Å²) in [5.41, 5.74) is 0.822. The van der Waals surface area contributed by atoms with E-state index in [1.807, 2.05) is 6.07 Å². The molecule has 1 aliphatic heterocycles. The average molecular weight is 266 g/mol. The van der Waals surface area contributed by atoms with Gasteiger partial charge in [0.25, 0.3) is 0 Å². The number of rotatable bonds is 7. The molecule has 0 aliphatic carbocycles. The second-order valence-electron chi connectivity index (χ2n) is 4.91. The Balaban J connectivity index is 1.57. The van der Waals surface area contributed by atoms with Crippen LogP contribution in [0.3, 0.4) is 0 Å². The highest BCUT2D eigenvalue weighted by molar-refractivity contribution is 5.44. The number of hydrogen-bond donors (Lipinski definition) is 2. The lowest BCUT2D eigenvalue weighted by atomic mass is 10.0. The highest BCUT2D eigenvalue weighted by Gasteiger charge is 2.14. The molecule has 0 spiro atoms. The fraction of sp³-hybridized carbons (Fsp3) is 0.600. The third-order valence-corrected chi connectivity index (χ3v) is 3.43. The molecule has 1 heterocycles. The third kappa shape index (κ3) is 4.40. The van der Waals surface area contributed by atoms with Crippen LogP contribution in [0.25, 0.3) is 0 Å². The molecule has 0 radical (unpaired) electrons. The molecule has 2 rings (SSSR count). The van der Waals surface area contributed by atoms with Crippen LogP contribution in [0.5, 0.6) is 11.5 Å². The van der Waals surface area contributed by atoms with E-state index in [-0.39, 0.29) is 17.8 Å². The standard InChI is InChI=1S/C15H22O4/c16-13-8-5-7-12(15(13)17)6-3-1-2-4-9-14-18-10-11-19-14/h5,7-8,14,16-17H,1-4,6,9-11H2. The highest BCUT2D eigenvalue weighted by atomic mass is 16.7. The molecule has 19 heavy (non-hydrogen) atoms. The van der Waals surface area contributed by atoms with Crippen molar-refractivity contribution in [1.82, 2.24) is 0 Å². The lowest BCUT2D eigenvalue weighted by Gasteiger charge is -2.08. The van der Waals surface area contributed by atoms with Crippen molar-refractivity contribution in [3.05, 3.63) is 23.8 Å². The van der Waals surface area contributed by atoms with Crippen LogP contribution in [0.2, 0.25) is 0 Å². The maximum absolute atomic E-state index is 9.66. The molecule has 4 nitrogen and oxygen atoms in total. The van der Waals surface area contributed by atoms with Crippen molar-refractivity contribution in [3.63, 3.8) is 0 Å². The lowest BCUT2D eigenvalue weighted by Crippen LogP contribution is -2.06. The lowest BCUT2D eigenvalue weighted by molar-refractivity contribution is -0.0480. The molecule has 0 unspecified atom stereocenters. The van der Waals surface area contributed by atoms with E-state index in [1.165, 1.54) is 6.07 Å². The molecule has 2 N–H and O–H groups in total. The van der Waals surface area contributed by atoms with Crippen molar-refractivity contribution in [2.24, 2.45) is 0 Å². The summed E-state index contributed by atoms with van der Waals surface area (Å²) in [6, 6.07) is 5.12. The molecule has 1 saturated heterocycles. The summed E-state index contributed by atoms with van der Waals surface area (Å²) in [5, 5.41) is 19.0. The zero-order chi connectivity index (χ0) is 13.5. The first-order chi connectivity index (χ1) is 9.27. The van der Waals surface area contributed by atoms with Crippen LogP contribution in [0.4, 0.5) is 0 Å². The number of aryl methyl sites for hydroxylation is 1. The molecule has 0 aromatic heterocycles. The Bertz CT molecular complexity index is 386. The molecule has 1 aliphatic rings. The number of unbranched alkanes of at least 4 members (excludes halogenated alkanes) is 3. The summed E-state index contributed by atoms with van der Waals surface area (Å²) < 4.78 is 10.7. The van der Waals surface area contributed by atoms with E-state index >= 15 is 0 Å². The number of ether oxygens (including phenoxy) is 2. The number of hydrogen-bond acceptors (Lipinski definition) is 4.